The first-order valence-corrected chi connectivity index (χ1v) is 14.1. The van der Waals surface area contributed by atoms with Crippen molar-refractivity contribution in [2.45, 2.75) is 49.1 Å². The molecule has 38 heavy (non-hydrogen) atoms. The molecule has 3 aromatic rings. The standard InChI is InChI=1S/C27H28F3N3O4S/c1-36-14-15-10-21(31-12-15)26-32-13-22(33-26)17-4-2-16(3-5-17)20-8-9-23(37-38(34,35)27(28,29)30)25-19-7-6-18(11-19)24(20)25/h2-5,8-9,13,15,18-19,21,31H,6-7,10-12,14H2,1H3,(H,32,33). The third-order valence-electron chi connectivity index (χ3n) is 8.04. The first-order chi connectivity index (χ1) is 18.1. The minimum atomic E-state index is -5.73. The summed E-state index contributed by atoms with van der Waals surface area (Å²) in [6.45, 7) is 1.61. The Bertz CT molecular complexity index is 1450. The van der Waals surface area contributed by atoms with Crippen LogP contribution < -0.4 is 9.50 Å². The van der Waals surface area contributed by atoms with Crippen molar-refractivity contribution in [2.24, 2.45) is 5.92 Å². The van der Waals surface area contributed by atoms with Crippen LogP contribution in [0.3, 0.4) is 0 Å². The van der Waals surface area contributed by atoms with E-state index in [0.29, 0.717) is 11.5 Å². The maximum absolute atomic E-state index is 13.0. The molecule has 0 amide bonds. The molecule has 1 saturated carbocycles. The van der Waals surface area contributed by atoms with Crippen molar-refractivity contribution >= 4 is 10.1 Å². The van der Waals surface area contributed by atoms with Crippen LogP contribution in [0.5, 0.6) is 5.75 Å². The quantitative estimate of drug-likeness (QED) is 0.294. The molecule has 2 aliphatic carbocycles. The second-order valence-electron chi connectivity index (χ2n) is 10.4. The zero-order valence-electron chi connectivity index (χ0n) is 20.7. The second kappa shape index (κ2) is 9.39. The zero-order chi connectivity index (χ0) is 26.7. The number of halogens is 3. The monoisotopic (exact) mass is 547 g/mol. The summed E-state index contributed by atoms with van der Waals surface area (Å²) in [4.78, 5) is 8.00. The van der Waals surface area contributed by atoms with Crippen molar-refractivity contribution in [1.82, 2.24) is 15.3 Å². The number of fused-ring (bicyclic) bond motifs is 5. The fraction of sp³-hybridized carbons (Fsp3) is 0.444. The van der Waals surface area contributed by atoms with Crippen LogP contribution >= 0.6 is 0 Å². The van der Waals surface area contributed by atoms with Crippen molar-refractivity contribution in [3.05, 3.63) is 59.5 Å². The summed E-state index contributed by atoms with van der Waals surface area (Å²) in [7, 11) is -4.02. The maximum atomic E-state index is 13.0. The minimum absolute atomic E-state index is 0.00348. The number of aromatic nitrogens is 2. The fourth-order valence-corrected chi connectivity index (χ4v) is 6.82. The summed E-state index contributed by atoms with van der Waals surface area (Å²) in [5.74, 6) is 1.32. The Morgan fingerprint density at radius 3 is 2.42 bits per heavy atom. The number of hydrogen-bond acceptors (Lipinski definition) is 6. The molecular weight excluding hydrogens is 519 g/mol. The van der Waals surface area contributed by atoms with Crippen molar-refractivity contribution in [3.63, 3.8) is 0 Å². The fourth-order valence-electron chi connectivity index (χ4n) is 6.34. The Hall–Kier alpha value is -2.89. The van der Waals surface area contributed by atoms with Crippen LogP contribution in [0.15, 0.2) is 42.6 Å². The van der Waals surface area contributed by atoms with E-state index in [9.17, 15) is 21.6 Å². The molecule has 1 aromatic heterocycles. The van der Waals surface area contributed by atoms with Gasteiger partial charge >= 0.3 is 15.6 Å². The highest BCUT2D eigenvalue weighted by Gasteiger charge is 2.50. The molecule has 11 heteroatoms. The molecule has 0 radical (unpaired) electrons. The Morgan fingerprint density at radius 2 is 1.71 bits per heavy atom. The largest absolute Gasteiger partial charge is 0.534 e. The normalized spacial score (nSPS) is 24.6. The summed E-state index contributed by atoms with van der Waals surface area (Å²) >= 11 is 0. The molecule has 4 unspecified atom stereocenters. The van der Waals surface area contributed by atoms with Gasteiger partial charge < -0.3 is 19.2 Å². The summed E-state index contributed by atoms with van der Waals surface area (Å²) in [6.07, 6.45) is 5.31. The Balaban J connectivity index is 1.27. The lowest BCUT2D eigenvalue weighted by atomic mass is 9.85. The van der Waals surface area contributed by atoms with E-state index in [4.69, 9.17) is 4.74 Å². The van der Waals surface area contributed by atoms with E-state index in [0.717, 1.165) is 72.6 Å². The van der Waals surface area contributed by atoms with Gasteiger partial charge in [0.1, 0.15) is 11.6 Å². The lowest BCUT2D eigenvalue weighted by Gasteiger charge is -2.22. The smallest absolute Gasteiger partial charge is 0.384 e. The molecule has 4 atom stereocenters. The van der Waals surface area contributed by atoms with E-state index in [1.165, 1.54) is 6.07 Å². The van der Waals surface area contributed by atoms with E-state index < -0.39 is 15.6 Å². The highest BCUT2D eigenvalue weighted by atomic mass is 32.2. The number of nitrogens with zero attached hydrogens (tertiary/aromatic N) is 1. The van der Waals surface area contributed by atoms with Gasteiger partial charge in [0.05, 0.1) is 24.5 Å². The molecule has 2 N–H and O–H groups in total. The van der Waals surface area contributed by atoms with E-state index in [1.54, 1.807) is 13.2 Å². The van der Waals surface area contributed by atoms with Gasteiger partial charge in [0.15, 0.2) is 0 Å². The van der Waals surface area contributed by atoms with Crippen molar-refractivity contribution in [3.8, 4) is 28.1 Å². The predicted molar refractivity (Wildman–Crippen MR) is 135 cm³/mol. The van der Waals surface area contributed by atoms with Gasteiger partial charge in [-0.15, -0.1) is 0 Å². The summed E-state index contributed by atoms with van der Waals surface area (Å²) in [5, 5.41) is 3.48. The first kappa shape index (κ1) is 25.4. The number of aromatic amines is 1. The number of nitrogens with one attached hydrogen (secondary N) is 2. The van der Waals surface area contributed by atoms with Gasteiger partial charge in [0, 0.05) is 19.2 Å². The molecule has 0 spiro atoms. The number of ether oxygens (including phenoxy) is 1. The Morgan fingerprint density at radius 1 is 1.00 bits per heavy atom. The van der Waals surface area contributed by atoms with Crippen LogP contribution in [0, 0.1) is 5.92 Å². The molecule has 2 aromatic carbocycles. The lowest BCUT2D eigenvalue weighted by molar-refractivity contribution is -0.0500. The number of H-pyrrole nitrogens is 1. The third kappa shape index (κ3) is 4.40. The van der Waals surface area contributed by atoms with Gasteiger partial charge in [-0.1, -0.05) is 30.3 Å². The number of hydrogen-bond donors (Lipinski definition) is 2. The predicted octanol–water partition coefficient (Wildman–Crippen LogP) is 5.63. The van der Waals surface area contributed by atoms with E-state index in [2.05, 4.69) is 19.5 Å². The molecule has 1 saturated heterocycles. The van der Waals surface area contributed by atoms with Crippen molar-refractivity contribution in [1.29, 1.82) is 0 Å². The van der Waals surface area contributed by atoms with E-state index in [-0.39, 0.29) is 23.6 Å². The minimum Gasteiger partial charge on any atom is -0.384 e. The van der Waals surface area contributed by atoms with Crippen LogP contribution in [0.2, 0.25) is 0 Å². The average molecular weight is 548 g/mol. The highest BCUT2D eigenvalue weighted by Crippen LogP contribution is 2.58. The second-order valence-corrected chi connectivity index (χ2v) is 11.9. The highest BCUT2D eigenvalue weighted by molar-refractivity contribution is 7.88. The van der Waals surface area contributed by atoms with Gasteiger partial charge in [0.25, 0.3) is 0 Å². The van der Waals surface area contributed by atoms with Crippen molar-refractivity contribution < 1.29 is 30.5 Å². The topological polar surface area (TPSA) is 93.3 Å². The summed E-state index contributed by atoms with van der Waals surface area (Å²) < 4.78 is 72.3. The number of methoxy groups -OCH3 is 1. The van der Waals surface area contributed by atoms with Gasteiger partial charge in [-0.2, -0.15) is 21.6 Å². The molecule has 2 heterocycles. The van der Waals surface area contributed by atoms with Crippen LogP contribution in [-0.4, -0.2) is 44.2 Å². The molecule has 202 valence electrons. The average Bonchev–Trinajstić information content (AvgIpc) is 3.68. The molecule has 2 fully saturated rings. The van der Waals surface area contributed by atoms with Gasteiger partial charge in [-0.25, -0.2) is 4.98 Å². The van der Waals surface area contributed by atoms with Crippen LogP contribution in [0.4, 0.5) is 13.2 Å². The van der Waals surface area contributed by atoms with Gasteiger partial charge in [0.2, 0.25) is 0 Å². The third-order valence-corrected chi connectivity index (χ3v) is 9.00. The number of rotatable bonds is 7. The number of alkyl halides is 3. The lowest BCUT2D eigenvalue weighted by Crippen LogP contribution is -2.28. The summed E-state index contributed by atoms with van der Waals surface area (Å²) in [6, 6.07) is 11.1. The van der Waals surface area contributed by atoms with Crippen LogP contribution in [0.25, 0.3) is 22.4 Å². The van der Waals surface area contributed by atoms with Crippen LogP contribution in [0.1, 0.15) is 60.5 Å². The molecule has 6 rings (SSSR count). The van der Waals surface area contributed by atoms with Crippen LogP contribution in [-0.2, 0) is 14.9 Å². The SMILES string of the molecule is COCC1CNC(c2ncc(-c3ccc(-c4ccc(OS(=O)(=O)C(F)(F)F)c5c4C4CCC5C4)cc3)[nH]2)C1. The van der Waals surface area contributed by atoms with E-state index in [1.807, 2.05) is 30.5 Å². The van der Waals surface area contributed by atoms with Gasteiger partial charge in [-0.3, -0.25) is 0 Å². The number of imidazole rings is 1. The number of benzene rings is 2. The molecule has 2 bridgehead atoms. The Labute approximate surface area is 218 Å². The zero-order valence-corrected chi connectivity index (χ0v) is 21.5. The first-order valence-electron chi connectivity index (χ1n) is 12.7. The molecular formula is C27H28F3N3O4S. The summed E-state index contributed by atoms with van der Waals surface area (Å²) in [5.41, 5.74) is -0.280. The molecule has 1 aliphatic heterocycles. The van der Waals surface area contributed by atoms with Crippen molar-refractivity contribution in [2.75, 3.05) is 20.3 Å². The maximum Gasteiger partial charge on any atom is 0.534 e. The van der Waals surface area contributed by atoms with E-state index >= 15 is 0 Å². The molecule has 3 aliphatic rings. The Kier molecular flexibility index (Phi) is 6.27. The molecule has 7 nitrogen and oxygen atoms in total. The van der Waals surface area contributed by atoms with Gasteiger partial charge in [-0.05, 0) is 71.8 Å².